The van der Waals surface area contributed by atoms with E-state index in [4.69, 9.17) is 15.0 Å². The van der Waals surface area contributed by atoms with Crippen molar-refractivity contribution in [1.82, 2.24) is 28.7 Å². The van der Waals surface area contributed by atoms with Gasteiger partial charge in [-0.3, -0.25) is 0 Å². The summed E-state index contributed by atoms with van der Waals surface area (Å²) in [6.07, 6.45) is 0. The Morgan fingerprint density at radius 2 is 0.362 bits per heavy atom. The summed E-state index contributed by atoms with van der Waals surface area (Å²) in [6.45, 7) is 0. The Balaban J connectivity index is 0.000000110. The van der Waals surface area contributed by atoms with Crippen molar-refractivity contribution in [3.8, 4) is 134 Å². The normalized spacial score (nSPS) is 11.6. The number of aryl methyl sites for hydroxylation is 3. The lowest BCUT2D eigenvalue weighted by Gasteiger charge is -2.18. The molecule has 0 atom stereocenters. The third-order valence-electron chi connectivity index (χ3n) is 28.1. The molecule has 0 unspecified atom stereocenters. The number of hydrogen-bond acceptors (Lipinski definition) is 3. The highest BCUT2D eigenvalue weighted by atomic mass is 15.1. The highest BCUT2D eigenvalue weighted by Crippen LogP contribution is 2.50. The lowest BCUT2D eigenvalue weighted by molar-refractivity contribution is 0.959. The first-order valence-corrected chi connectivity index (χ1v) is 47.4. The van der Waals surface area contributed by atoms with Crippen molar-refractivity contribution in [3.05, 3.63) is 491 Å². The van der Waals surface area contributed by atoms with E-state index in [1.165, 1.54) is 197 Å². The van der Waals surface area contributed by atoms with E-state index >= 15 is 0 Å². The second kappa shape index (κ2) is 34.6. The molecule has 0 radical (unpaired) electrons. The van der Waals surface area contributed by atoms with Crippen molar-refractivity contribution in [3.63, 3.8) is 0 Å². The van der Waals surface area contributed by atoms with Gasteiger partial charge in [-0.25, -0.2) is 15.0 Å². The molecule has 27 rings (SSSR count). The molecule has 27 aromatic rings. The summed E-state index contributed by atoms with van der Waals surface area (Å²) in [5.74, 6) is 2.90. The lowest BCUT2D eigenvalue weighted by Crippen LogP contribution is -1.94. The number of aromatic nitrogens is 6. The van der Waals surface area contributed by atoms with E-state index in [0.29, 0.717) is 0 Å². The van der Waals surface area contributed by atoms with Crippen molar-refractivity contribution < 1.29 is 0 Å². The molecule has 24 aromatic carbocycles. The fraction of sp³-hybridized carbons (Fsp3) is 0.0227. The molecular weight excluding hydrogens is 1670 g/mol. The zero-order chi connectivity index (χ0) is 91.8. The summed E-state index contributed by atoms with van der Waals surface area (Å²) < 4.78 is 6.64. The Hall–Kier alpha value is -18.0. The molecule has 138 heavy (non-hydrogen) atoms. The van der Waals surface area contributed by atoms with Gasteiger partial charge in [0.05, 0.1) is 33.1 Å². The van der Waals surface area contributed by atoms with Crippen LogP contribution in [0.4, 0.5) is 0 Å². The van der Waals surface area contributed by atoms with Gasteiger partial charge < -0.3 is 13.7 Å². The van der Waals surface area contributed by atoms with E-state index in [-0.39, 0.29) is 0 Å². The molecule has 648 valence electrons. The van der Waals surface area contributed by atoms with Crippen LogP contribution in [0.25, 0.3) is 264 Å². The fourth-order valence-corrected chi connectivity index (χ4v) is 21.6. The number of imidazole rings is 3. The van der Waals surface area contributed by atoms with E-state index in [2.05, 4.69) is 526 Å². The molecule has 0 aliphatic heterocycles. The first kappa shape index (κ1) is 82.0. The third kappa shape index (κ3) is 14.5. The van der Waals surface area contributed by atoms with Gasteiger partial charge in [0.15, 0.2) is 0 Å². The maximum atomic E-state index is 5.27. The zero-order valence-corrected chi connectivity index (χ0v) is 76.4. The van der Waals surface area contributed by atoms with Gasteiger partial charge in [-0.1, -0.05) is 431 Å². The van der Waals surface area contributed by atoms with Crippen LogP contribution >= 0.6 is 0 Å². The van der Waals surface area contributed by atoms with E-state index in [9.17, 15) is 0 Å². The van der Waals surface area contributed by atoms with Crippen LogP contribution in [0.15, 0.2) is 491 Å². The zero-order valence-electron chi connectivity index (χ0n) is 76.4. The van der Waals surface area contributed by atoms with Gasteiger partial charge in [0, 0.05) is 37.8 Å². The Bertz CT molecular complexity index is 9320. The van der Waals surface area contributed by atoms with Crippen molar-refractivity contribution in [1.29, 1.82) is 0 Å². The second-order valence-corrected chi connectivity index (χ2v) is 36.1. The smallest absolute Gasteiger partial charge is 0.141 e. The van der Waals surface area contributed by atoms with Crippen LogP contribution in [0, 0.1) is 0 Å². The number of benzene rings is 24. The Labute approximate surface area is 799 Å². The van der Waals surface area contributed by atoms with Gasteiger partial charge in [-0.15, -0.1) is 0 Å². The van der Waals surface area contributed by atoms with Crippen molar-refractivity contribution >= 4 is 130 Å². The highest BCUT2D eigenvalue weighted by molar-refractivity contribution is 6.25. The molecule has 0 N–H and O–H groups in total. The Morgan fingerprint density at radius 3 is 0.710 bits per heavy atom. The maximum Gasteiger partial charge on any atom is 0.141 e. The third-order valence-corrected chi connectivity index (χ3v) is 28.1. The summed E-state index contributed by atoms with van der Waals surface area (Å²) in [4.78, 5) is 15.7. The van der Waals surface area contributed by atoms with E-state index in [1.807, 2.05) is 0 Å². The van der Waals surface area contributed by atoms with E-state index in [0.717, 1.165) is 67.3 Å². The molecule has 6 heteroatoms. The molecule has 3 aromatic heterocycles. The number of rotatable bonds is 12. The quantitative estimate of drug-likeness (QED) is 0.115. The van der Waals surface area contributed by atoms with Gasteiger partial charge in [-0.05, 0) is 258 Å². The molecule has 0 bridgehead atoms. The van der Waals surface area contributed by atoms with Crippen LogP contribution in [0.5, 0.6) is 0 Å². The molecule has 6 nitrogen and oxygen atoms in total. The standard InChI is InChI=1S/3C44H30N2/c1-46-41-26-25-33(28-40(41)45-44(46)39-22-12-7-17-34(39)30-14-3-2-4-15-30)43-37-20-10-8-18-35(37)42(36-19-9-11-21-38(36)43)32-24-23-29-13-5-6-16-31(29)27-32;1-46-41-25-24-34(28-40(41)45-44(46)35-17-11-16-32(27-35)29-12-3-2-4-13-29)43-38-20-9-7-18-36(38)42(37-19-8-10-21-39(37)43)33-23-22-30-14-5-6-15-31(30)26-33;1-46-41-26-25-35(28-40(41)45-44(46)32-22-19-31(20-23-32)29-11-3-2-4-12-29)43-38-17-9-7-15-36(38)42(37-16-8-10-18-39(37)43)34-24-21-30-13-5-6-14-33(30)27-34/h3*2-28H,1H3. The van der Waals surface area contributed by atoms with Crippen molar-refractivity contribution in [2.45, 2.75) is 0 Å². The second-order valence-electron chi connectivity index (χ2n) is 36.1. The van der Waals surface area contributed by atoms with Crippen molar-refractivity contribution in [2.75, 3.05) is 0 Å². The summed E-state index contributed by atoms with van der Waals surface area (Å²) in [7, 11) is 6.34. The summed E-state index contributed by atoms with van der Waals surface area (Å²) in [5.41, 5.74) is 31.7. The number of fused-ring (bicyclic) bond motifs is 12. The van der Waals surface area contributed by atoms with Crippen LogP contribution < -0.4 is 0 Å². The molecule has 0 spiro atoms. The molecule has 0 saturated heterocycles. The van der Waals surface area contributed by atoms with E-state index in [1.54, 1.807) is 0 Å². The molecular formula is C132H90N6. The minimum Gasteiger partial charge on any atom is -0.327 e. The molecule has 0 aliphatic rings. The highest BCUT2D eigenvalue weighted by Gasteiger charge is 2.25. The monoisotopic (exact) mass is 1760 g/mol. The van der Waals surface area contributed by atoms with Gasteiger partial charge in [0.2, 0.25) is 0 Å². The van der Waals surface area contributed by atoms with Crippen LogP contribution in [-0.2, 0) is 21.1 Å². The molecule has 0 amide bonds. The first-order valence-electron chi connectivity index (χ1n) is 47.4. The van der Waals surface area contributed by atoms with Crippen LogP contribution in [0.3, 0.4) is 0 Å². The fourth-order valence-electron chi connectivity index (χ4n) is 21.6. The molecule has 0 saturated carbocycles. The maximum absolute atomic E-state index is 5.27. The minimum absolute atomic E-state index is 0.964. The first-order chi connectivity index (χ1) is 68.2. The van der Waals surface area contributed by atoms with Crippen LogP contribution in [-0.4, -0.2) is 28.7 Å². The van der Waals surface area contributed by atoms with Crippen LogP contribution in [0.1, 0.15) is 0 Å². The lowest BCUT2D eigenvalue weighted by atomic mass is 9.85. The average molecular weight is 1760 g/mol. The largest absolute Gasteiger partial charge is 0.327 e. The summed E-state index contributed by atoms with van der Waals surface area (Å²) >= 11 is 0. The van der Waals surface area contributed by atoms with Gasteiger partial charge in [-0.2, -0.15) is 0 Å². The molecule has 0 fully saturated rings. The van der Waals surface area contributed by atoms with Gasteiger partial charge >= 0.3 is 0 Å². The van der Waals surface area contributed by atoms with Crippen molar-refractivity contribution in [2.24, 2.45) is 21.1 Å². The molecule has 3 heterocycles. The van der Waals surface area contributed by atoms with Gasteiger partial charge in [0.1, 0.15) is 17.5 Å². The Morgan fingerprint density at radius 1 is 0.138 bits per heavy atom. The summed E-state index contributed by atoms with van der Waals surface area (Å²) in [5, 5.41) is 22.5. The topological polar surface area (TPSA) is 53.5 Å². The predicted octanol–water partition coefficient (Wildman–Crippen LogP) is 35.1. The number of nitrogens with zero attached hydrogens (tertiary/aromatic N) is 6. The SMILES string of the molecule is Cn1c(-c2ccc(-c3ccccc3)cc2)nc2cc(-c3c4ccccc4c(-c4ccc5ccccc5c4)c4ccccc34)ccc21.Cn1c(-c2cccc(-c3ccccc3)c2)nc2cc(-c3c4ccccc4c(-c4ccc5ccccc5c4)c4ccccc34)ccc21.Cn1c(-c2ccccc2-c2ccccc2)nc2cc(-c3c4ccccc4c(-c4ccc5ccccc5c4)c4ccccc34)ccc21. The van der Waals surface area contributed by atoms with Crippen LogP contribution in [0.2, 0.25) is 0 Å². The number of hydrogen-bond donors (Lipinski definition) is 0. The molecule has 0 aliphatic carbocycles. The Kier molecular flexibility index (Phi) is 20.5. The average Bonchev–Trinajstić information content (AvgIpc) is 1.15. The van der Waals surface area contributed by atoms with E-state index < -0.39 is 0 Å². The summed E-state index contributed by atoms with van der Waals surface area (Å²) in [6, 6.07) is 177. The minimum atomic E-state index is 0.964. The predicted molar refractivity (Wildman–Crippen MR) is 585 cm³/mol. The van der Waals surface area contributed by atoms with Gasteiger partial charge in [0.25, 0.3) is 0 Å².